The number of H-pyrrole nitrogens is 1. The van der Waals surface area contributed by atoms with Crippen molar-refractivity contribution in [2.45, 2.75) is 0 Å². The van der Waals surface area contributed by atoms with Crippen LogP contribution in [0.5, 0.6) is 11.5 Å². The number of anilines is 2. The molecule has 5 rings (SSSR count). The average molecular weight is 416 g/mol. The molecule has 1 aliphatic rings. The van der Waals surface area contributed by atoms with Gasteiger partial charge in [0.1, 0.15) is 5.69 Å². The lowest BCUT2D eigenvalue weighted by Crippen LogP contribution is -2.14. The molecule has 0 saturated heterocycles. The molecule has 4 aromatic rings. The Kier molecular flexibility index (Phi) is 4.60. The van der Waals surface area contributed by atoms with Crippen LogP contribution in [0.2, 0.25) is 0 Å². The molecule has 2 amide bonds. The number of nitrogens with zero attached hydrogens (tertiary/aromatic N) is 1. The normalized spacial score (nSPS) is 11.9. The Hall–Kier alpha value is -4.53. The Morgan fingerprint density at radius 1 is 0.871 bits per heavy atom. The van der Waals surface area contributed by atoms with E-state index in [-0.39, 0.29) is 18.4 Å². The summed E-state index contributed by atoms with van der Waals surface area (Å²) < 4.78 is 15.8. The first-order chi connectivity index (χ1) is 15.2. The van der Waals surface area contributed by atoms with Gasteiger partial charge in [-0.25, -0.2) is 0 Å². The summed E-state index contributed by atoms with van der Waals surface area (Å²) in [5.41, 5.74) is 2.27. The molecule has 2 aromatic carbocycles. The number of carbonyl (C=O) groups is 2. The average Bonchev–Trinajstić information content (AvgIpc) is 3.54. The minimum absolute atomic E-state index is 0.140. The maximum Gasteiger partial charge on any atom is 0.276 e. The zero-order valence-electron chi connectivity index (χ0n) is 16.0. The number of hydrogen-bond acceptors (Lipinski definition) is 6. The number of amides is 2. The van der Waals surface area contributed by atoms with Crippen LogP contribution in [-0.2, 0) is 0 Å². The van der Waals surface area contributed by atoms with E-state index in [1.54, 1.807) is 66.9 Å². The molecule has 3 heterocycles. The van der Waals surface area contributed by atoms with Crippen molar-refractivity contribution in [2.75, 3.05) is 17.4 Å². The first-order valence-corrected chi connectivity index (χ1v) is 9.37. The number of fused-ring (bicyclic) bond motifs is 1. The summed E-state index contributed by atoms with van der Waals surface area (Å²) in [4.78, 5) is 25.1. The van der Waals surface area contributed by atoms with Crippen molar-refractivity contribution in [3.8, 4) is 23.0 Å². The van der Waals surface area contributed by atoms with E-state index >= 15 is 0 Å². The molecule has 0 fully saturated rings. The Morgan fingerprint density at radius 3 is 2.48 bits per heavy atom. The Balaban J connectivity index is 1.27. The summed E-state index contributed by atoms with van der Waals surface area (Å²) in [5, 5.41) is 12.4. The number of aromatic nitrogens is 2. The molecule has 9 heteroatoms. The third-order valence-electron chi connectivity index (χ3n) is 4.61. The van der Waals surface area contributed by atoms with Crippen LogP contribution < -0.4 is 20.1 Å². The van der Waals surface area contributed by atoms with Gasteiger partial charge in [0, 0.05) is 23.0 Å². The first-order valence-electron chi connectivity index (χ1n) is 9.37. The van der Waals surface area contributed by atoms with Crippen molar-refractivity contribution < 1.29 is 23.5 Å². The second-order valence-electron chi connectivity index (χ2n) is 6.70. The van der Waals surface area contributed by atoms with Crippen molar-refractivity contribution in [1.82, 2.24) is 10.2 Å². The van der Waals surface area contributed by atoms with Crippen LogP contribution in [0.3, 0.4) is 0 Å². The number of nitrogens with one attached hydrogen (secondary N) is 3. The third-order valence-corrected chi connectivity index (χ3v) is 4.61. The predicted octanol–water partition coefficient (Wildman–Crippen LogP) is 3.90. The van der Waals surface area contributed by atoms with Gasteiger partial charge in [-0.3, -0.25) is 14.7 Å². The molecular formula is C22H16N4O5. The molecule has 0 aliphatic carbocycles. The van der Waals surface area contributed by atoms with Gasteiger partial charge in [0.15, 0.2) is 23.0 Å². The summed E-state index contributed by atoms with van der Waals surface area (Å²) in [6.45, 7) is 0.140. The minimum atomic E-state index is -0.395. The summed E-state index contributed by atoms with van der Waals surface area (Å²) in [5.74, 6) is 1.02. The zero-order chi connectivity index (χ0) is 21.2. The maximum absolute atomic E-state index is 12.6. The van der Waals surface area contributed by atoms with Crippen molar-refractivity contribution in [3.05, 3.63) is 78.2 Å². The minimum Gasteiger partial charge on any atom is -0.463 e. The molecule has 0 unspecified atom stereocenters. The van der Waals surface area contributed by atoms with E-state index in [1.807, 2.05) is 0 Å². The van der Waals surface area contributed by atoms with Gasteiger partial charge in [-0.1, -0.05) is 6.07 Å². The van der Waals surface area contributed by atoms with Crippen molar-refractivity contribution >= 4 is 23.2 Å². The monoisotopic (exact) mass is 416 g/mol. The molecule has 1 aliphatic heterocycles. The molecular weight excluding hydrogens is 400 g/mol. The standard InChI is InChI=1S/C22H16N4O5/c27-21(13-6-7-19-20(9-13)31-12-30-19)23-14-3-1-4-15(10-14)24-22(28)17-11-16(25-26-17)18-5-2-8-29-18/h1-11H,12H2,(H,23,27)(H,24,28)(H,25,26). The smallest absolute Gasteiger partial charge is 0.276 e. The van der Waals surface area contributed by atoms with Crippen molar-refractivity contribution in [2.24, 2.45) is 0 Å². The number of furan rings is 1. The molecule has 0 spiro atoms. The number of carbonyl (C=O) groups excluding carboxylic acids is 2. The fraction of sp³-hybridized carbons (Fsp3) is 0.0455. The topological polar surface area (TPSA) is 118 Å². The highest BCUT2D eigenvalue weighted by molar-refractivity contribution is 6.06. The second-order valence-corrected chi connectivity index (χ2v) is 6.70. The summed E-state index contributed by atoms with van der Waals surface area (Å²) in [7, 11) is 0. The number of hydrogen-bond donors (Lipinski definition) is 3. The van der Waals surface area contributed by atoms with Crippen LogP contribution in [-0.4, -0.2) is 28.8 Å². The molecule has 0 bridgehead atoms. The molecule has 154 valence electrons. The van der Waals surface area contributed by atoms with Gasteiger partial charge in [0.2, 0.25) is 6.79 Å². The van der Waals surface area contributed by atoms with E-state index in [2.05, 4.69) is 20.8 Å². The van der Waals surface area contributed by atoms with Gasteiger partial charge in [-0.05, 0) is 48.5 Å². The van der Waals surface area contributed by atoms with E-state index in [0.717, 1.165) is 0 Å². The summed E-state index contributed by atoms with van der Waals surface area (Å²) in [6, 6.07) is 16.9. The van der Waals surface area contributed by atoms with Crippen LogP contribution in [0.4, 0.5) is 11.4 Å². The van der Waals surface area contributed by atoms with E-state index in [0.29, 0.717) is 39.9 Å². The lowest BCUT2D eigenvalue weighted by Gasteiger charge is -2.09. The van der Waals surface area contributed by atoms with Gasteiger partial charge in [-0.2, -0.15) is 5.10 Å². The van der Waals surface area contributed by atoms with E-state index in [4.69, 9.17) is 13.9 Å². The van der Waals surface area contributed by atoms with Crippen LogP contribution in [0, 0.1) is 0 Å². The van der Waals surface area contributed by atoms with Gasteiger partial charge in [0.05, 0.1) is 6.26 Å². The van der Waals surface area contributed by atoms with Gasteiger partial charge >= 0.3 is 0 Å². The molecule has 0 radical (unpaired) electrons. The lowest BCUT2D eigenvalue weighted by atomic mass is 10.2. The molecule has 31 heavy (non-hydrogen) atoms. The molecule has 2 aromatic heterocycles. The van der Waals surface area contributed by atoms with Gasteiger partial charge < -0.3 is 24.5 Å². The van der Waals surface area contributed by atoms with E-state index in [9.17, 15) is 9.59 Å². The highest BCUT2D eigenvalue weighted by Gasteiger charge is 2.17. The SMILES string of the molecule is O=C(Nc1cccc(NC(=O)c2cc(-c3ccco3)[nH]n2)c1)c1ccc2c(c1)OCO2. The van der Waals surface area contributed by atoms with Gasteiger partial charge in [-0.15, -0.1) is 0 Å². The van der Waals surface area contributed by atoms with Crippen molar-refractivity contribution in [1.29, 1.82) is 0 Å². The largest absolute Gasteiger partial charge is 0.463 e. The molecule has 0 saturated carbocycles. The van der Waals surface area contributed by atoms with Crippen molar-refractivity contribution in [3.63, 3.8) is 0 Å². The van der Waals surface area contributed by atoms with Gasteiger partial charge in [0.25, 0.3) is 11.8 Å². The Morgan fingerprint density at radius 2 is 1.68 bits per heavy atom. The highest BCUT2D eigenvalue weighted by Crippen LogP contribution is 2.32. The molecule has 3 N–H and O–H groups in total. The first kappa shape index (κ1) is 18.5. The molecule has 0 atom stereocenters. The maximum atomic E-state index is 12.6. The van der Waals surface area contributed by atoms with E-state index in [1.165, 1.54) is 0 Å². The summed E-state index contributed by atoms with van der Waals surface area (Å²) in [6.07, 6.45) is 1.54. The van der Waals surface area contributed by atoms with Crippen LogP contribution >= 0.6 is 0 Å². The third kappa shape index (κ3) is 3.84. The van der Waals surface area contributed by atoms with Crippen LogP contribution in [0.15, 0.2) is 71.3 Å². The Labute approximate surface area is 176 Å². The number of rotatable bonds is 5. The highest BCUT2D eigenvalue weighted by atomic mass is 16.7. The molecule has 9 nitrogen and oxygen atoms in total. The number of benzene rings is 2. The number of ether oxygens (including phenoxy) is 2. The zero-order valence-corrected chi connectivity index (χ0v) is 16.0. The Bertz CT molecular complexity index is 1260. The fourth-order valence-corrected chi connectivity index (χ4v) is 3.11. The van der Waals surface area contributed by atoms with Crippen LogP contribution in [0.1, 0.15) is 20.8 Å². The predicted molar refractivity (Wildman–Crippen MR) is 111 cm³/mol. The number of aromatic amines is 1. The lowest BCUT2D eigenvalue weighted by molar-refractivity contribution is 0.101. The quantitative estimate of drug-likeness (QED) is 0.454. The van der Waals surface area contributed by atoms with E-state index < -0.39 is 5.91 Å². The fourth-order valence-electron chi connectivity index (χ4n) is 3.11. The van der Waals surface area contributed by atoms with Crippen LogP contribution in [0.25, 0.3) is 11.5 Å². The summed E-state index contributed by atoms with van der Waals surface area (Å²) >= 11 is 0. The second kappa shape index (κ2) is 7.71.